The highest BCUT2D eigenvalue weighted by Crippen LogP contribution is 2.25. The highest BCUT2D eigenvalue weighted by molar-refractivity contribution is 8.14. The van der Waals surface area contributed by atoms with E-state index in [0.29, 0.717) is 13.2 Å². The van der Waals surface area contributed by atoms with Crippen molar-refractivity contribution in [3.63, 3.8) is 0 Å². The third-order valence-electron chi connectivity index (χ3n) is 2.37. The fourth-order valence-electron chi connectivity index (χ4n) is 1.42. The van der Waals surface area contributed by atoms with E-state index < -0.39 is 14.3 Å². The van der Waals surface area contributed by atoms with E-state index in [1.807, 2.05) is 0 Å². The van der Waals surface area contributed by atoms with Crippen LogP contribution >= 0.6 is 10.7 Å². The Bertz CT molecular complexity index is 231. The van der Waals surface area contributed by atoms with Gasteiger partial charge in [0.15, 0.2) is 0 Å². The summed E-state index contributed by atoms with van der Waals surface area (Å²) in [5.74, 6) is 0.168. The molecular weight excluding hydrogens is 200 g/mol. The van der Waals surface area contributed by atoms with Crippen molar-refractivity contribution in [3.8, 4) is 0 Å². The second-order valence-corrected chi connectivity index (χ2v) is 6.12. The Kier molecular flexibility index (Phi) is 3.37. The molecule has 0 aliphatic carbocycles. The van der Waals surface area contributed by atoms with Crippen molar-refractivity contribution in [1.29, 1.82) is 0 Å². The summed E-state index contributed by atoms with van der Waals surface area (Å²) in [6, 6.07) is 0. The summed E-state index contributed by atoms with van der Waals surface area (Å²) in [5.41, 5.74) is 0. The third kappa shape index (κ3) is 2.61. The zero-order valence-electron chi connectivity index (χ0n) is 6.99. The number of halogens is 1. The Morgan fingerprint density at radius 1 is 1.42 bits per heavy atom. The molecule has 0 amide bonds. The van der Waals surface area contributed by atoms with E-state index in [0.717, 1.165) is 12.8 Å². The first-order valence-electron chi connectivity index (χ1n) is 4.03. The van der Waals surface area contributed by atoms with E-state index in [2.05, 4.69) is 0 Å². The summed E-state index contributed by atoms with van der Waals surface area (Å²) in [6.45, 7) is 2.97. The largest absolute Gasteiger partial charge is 0.381 e. The average Bonchev–Trinajstić information content (AvgIpc) is 2.03. The van der Waals surface area contributed by atoms with Crippen LogP contribution in [0, 0.1) is 5.92 Å². The van der Waals surface area contributed by atoms with Gasteiger partial charge in [0.05, 0.1) is 5.25 Å². The monoisotopic (exact) mass is 212 g/mol. The molecule has 0 bridgehead atoms. The lowest BCUT2D eigenvalue weighted by Crippen LogP contribution is -2.29. The van der Waals surface area contributed by atoms with Crippen molar-refractivity contribution in [1.82, 2.24) is 0 Å². The SMILES string of the molecule is CC(C1CCOCC1)S(=O)(=O)Cl. The first-order valence-corrected chi connectivity index (χ1v) is 6.40. The Labute approximate surface area is 77.5 Å². The second-order valence-electron chi connectivity index (χ2n) is 3.13. The molecule has 0 saturated carbocycles. The zero-order valence-corrected chi connectivity index (χ0v) is 8.57. The van der Waals surface area contributed by atoms with Crippen LogP contribution in [0.4, 0.5) is 0 Å². The molecule has 0 spiro atoms. The molecule has 0 aromatic heterocycles. The first-order chi connectivity index (χ1) is 5.52. The zero-order chi connectivity index (χ0) is 9.19. The van der Waals surface area contributed by atoms with Crippen LogP contribution in [0.25, 0.3) is 0 Å². The number of rotatable bonds is 2. The van der Waals surface area contributed by atoms with Gasteiger partial charge in [-0.3, -0.25) is 0 Å². The quantitative estimate of drug-likeness (QED) is 0.650. The molecule has 1 heterocycles. The standard InChI is InChI=1S/C7H13ClO3S/c1-6(12(8,9)10)7-2-4-11-5-3-7/h6-7H,2-5H2,1H3. The fraction of sp³-hybridized carbons (Fsp3) is 1.00. The van der Waals surface area contributed by atoms with Gasteiger partial charge < -0.3 is 4.74 Å². The van der Waals surface area contributed by atoms with Crippen LogP contribution in [-0.2, 0) is 13.8 Å². The Hall–Kier alpha value is 0.200. The van der Waals surface area contributed by atoms with Gasteiger partial charge in [-0.15, -0.1) is 0 Å². The van der Waals surface area contributed by atoms with Crippen molar-refractivity contribution in [2.24, 2.45) is 5.92 Å². The molecule has 1 aliphatic rings. The molecular formula is C7H13ClO3S. The molecule has 3 nitrogen and oxygen atoms in total. The van der Waals surface area contributed by atoms with Gasteiger partial charge in [-0.1, -0.05) is 0 Å². The van der Waals surface area contributed by atoms with Crippen molar-refractivity contribution in [3.05, 3.63) is 0 Å². The highest BCUT2D eigenvalue weighted by atomic mass is 35.7. The molecule has 0 N–H and O–H groups in total. The lowest BCUT2D eigenvalue weighted by Gasteiger charge is -2.25. The van der Waals surface area contributed by atoms with E-state index in [-0.39, 0.29) is 5.92 Å². The normalized spacial score (nSPS) is 23.8. The van der Waals surface area contributed by atoms with Crippen LogP contribution in [-0.4, -0.2) is 26.9 Å². The van der Waals surface area contributed by atoms with Gasteiger partial charge >= 0.3 is 0 Å². The maximum atomic E-state index is 11.0. The van der Waals surface area contributed by atoms with Crippen LogP contribution in [0.3, 0.4) is 0 Å². The Morgan fingerprint density at radius 3 is 2.33 bits per heavy atom. The third-order valence-corrected chi connectivity index (χ3v) is 4.49. The molecule has 1 aliphatic heterocycles. The smallest absolute Gasteiger partial charge is 0.235 e. The number of ether oxygens (including phenoxy) is 1. The van der Waals surface area contributed by atoms with E-state index in [4.69, 9.17) is 15.4 Å². The van der Waals surface area contributed by atoms with E-state index >= 15 is 0 Å². The van der Waals surface area contributed by atoms with Gasteiger partial charge in [0.1, 0.15) is 0 Å². The Morgan fingerprint density at radius 2 is 1.92 bits per heavy atom. The molecule has 5 heteroatoms. The predicted octanol–water partition coefficient (Wildman–Crippen LogP) is 1.37. The molecule has 1 rings (SSSR count). The van der Waals surface area contributed by atoms with Gasteiger partial charge in [-0.05, 0) is 25.7 Å². The van der Waals surface area contributed by atoms with Crippen LogP contribution in [0.15, 0.2) is 0 Å². The summed E-state index contributed by atoms with van der Waals surface area (Å²) in [7, 11) is 1.86. The van der Waals surface area contributed by atoms with Crippen LogP contribution in [0.2, 0.25) is 0 Å². The maximum Gasteiger partial charge on any atom is 0.235 e. The fourth-order valence-corrected chi connectivity index (χ4v) is 2.58. The maximum absolute atomic E-state index is 11.0. The molecule has 12 heavy (non-hydrogen) atoms. The van der Waals surface area contributed by atoms with E-state index in [9.17, 15) is 8.42 Å². The summed E-state index contributed by atoms with van der Waals surface area (Å²) in [4.78, 5) is 0. The van der Waals surface area contributed by atoms with Crippen molar-refractivity contribution in [2.75, 3.05) is 13.2 Å². The van der Waals surface area contributed by atoms with Crippen molar-refractivity contribution in [2.45, 2.75) is 25.0 Å². The van der Waals surface area contributed by atoms with Crippen LogP contribution in [0.1, 0.15) is 19.8 Å². The number of hydrogen-bond donors (Lipinski definition) is 0. The van der Waals surface area contributed by atoms with E-state index in [1.165, 1.54) is 0 Å². The minimum absolute atomic E-state index is 0.168. The van der Waals surface area contributed by atoms with Gasteiger partial charge in [-0.2, -0.15) is 0 Å². The molecule has 0 aromatic rings. The molecule has 1 atom stereocenters. The van der Waals surface area contributed by atoms with Gasteiger partial charge in [0.25, 0.3) is 0 Å². The van der Waals surface area contributed by atoms with Gasteiger partial charge in [0, 0.05) is 23.9 Å². The minimum atomic E-state index is -3.39. The van der Waals surface area contributed by atoms with E-state index in [1.54, 1.807) is 6.92 Å². The molecule has 1 unspecified atom stereocenters. The van der Waals surface area contributed by atoms with Crippen LogP contribution in [0.5, 0.6) is 0 Å². The highest BCUT2D eigenvalue weighted by Gasteiger charge is 2.28. The summed E-state index contributed by atoms with van der Waals surface area (Å²) in [6.07, 6.45) is 1.60. The lowest BCUT2D eigenvalue weighted by atomic mass is 9.97. The molecule has 1 saturated heterocycles. The predicted molar refractivity (Wildman–Crippen MR) is 47.8 cm³/mol. The average molecular weight is 213 g/mol. The van der Waals surface area contributed by atoms with Gasteiger partial charge in [0.2, 0.25) is 9.05 Å². The van der Waals surface area contributed by atoms with Crippen molar-refractivity contribution >= 4 is 19.7 Å². The first kappa shape index (κ1) is 10.3. The van der Waals surface area contributed by atoms with Gasteiger partial charge in [-0.25, -0.2) is 8.42 Å². The summed E-state index contributed by atoms with van der Waals surface area (Å²) >= 11 is 0. The summed E-state index contributed by atoms with van der Waals surface area (Å²) < 4.78 is 27.0. The molecule has 72 valence electrons. The summed E-state index contributed by atoms with van der Waals surface area (Å²) in [5, 5.41) is -0.442. The number of hydrogen-bond acceptors (Lipinski definition) is 3. The molecule has 0 aromatic carbocycles. The van der Waals surface area contributed by atoms with Crippen LogP contribution < -0.4 is 0 Å². The molecule has 0 radical (unpaired) electrons. The topological polar surface area (TPSA) is 43.4 Å². The lowest BCUT2D eigenvalue weighted by molar-refractivity contribution is 0.0664. The molecule has 1 fully saturated rings. The van der Waals surface area contributed by atoms with Crippen molar-refractivity contribution < 1.29 is 13.2 Å². The minimum Gasteiger partial charge on any atom is -0.381 e. The Balaban J connectivity index is 2.57. The second kappa shape index (κ2) is 3.94.